The lowest BCUT2D eigenvalue weighted by Crippen LogP contribution is -2.06. The number of carbonyl (C=O) groups is 1. The Balaban J connectivity index is 1.58. The van der Waals surface area contributed by atoms with Gasteiger partial charge in [-0.1, -0.05) is 42.5 Å². The van der Waals surface area contributed by atoms with Crippen molar-refractivity contribution in [1.29, 1.82) is 0 Å². The van der Waals surface area contributed by atoms with Crippen molar-refractivity contribution in [1.82, 2.24) is 0 Å². The van der Waals surface area contributed by atoms with Crippen molar-refractivity contribution in [2.75, 3.05) is 0 Å². The van der Waals surface area contributed by atoms with E-state index in [1.165, 1.54) is 5.56 Å². The third kappa shape index (κ3) is 2.00. The molecule has 2 aliphatic carbocycles. The van der Waals surface area contributed by atoms with Crippen LogP contribution in [-0.2, 0) is 17.8 Å². The molecule has 2 aliphatic rings. The second kappa shape index (κ2) is 4.62. The van der Waals surface area contributed by atoms with Crippen LogP contribution in [0.25, 0.3) is 0 Å². The summed E-state index contributed by atoms with van der Waals surface area (Å²) in [6.45, 7) is 0.520. The van der Waals surface area contributed by atoms with Gasteiger partial charge in [-0.25, -0.2) is 0 Å². The fourth-order valence-electron chi connectivity index (χ4n) is 3.62. The number of hydrogen-bond donors (Lipinski definition) is 1. The minimum Gasteiger partial charge on any atom is -0.489 e. The van der Waals surface area contributed by atoms with Gasteiger partial charge in [0.25, 0.3) is 0 Å². The Bertz CT molecular complexity index is 693. The SMILES string of the molecule is O=C(O)C1C2Cc3cccc(OCc4ccccc4)c3C21. The minimum atomic E-state index is -0.673. The summed E-state index contributed by atoms with van der Waals surface area (Å²) in [6, 6.07) is 16.1. The lowest BCUT2D eigenvalue weighted by molar-refractivity contribution is -0.139. The number of carboxylic acid groups (broad SMARTS) is 1. The average Bonchev–Trinajstić information content (AvgIpc) is 3.08. The first-order valence-electron chi connectivity index (χ1n) is 7.27. The molecule has 3 heteroatoms. The summed E-state index contributed by atoms with van der Waals surface area (Å²) in [4.78, 5) is 11.2. The van der Waals surface area contributed by atoms with E-state index in [0.717, 1.165) is 23.3 Å². The second-order valence-corrected chi connectivity index (χ2v) is 5.86. The minimum absolute atomic E-state index is 0.157. The molecule has 2 aromatic rings. The van der Waals surface area contributed by atoms with Crippen molar-refractivity contribution in [2.24, 2.45) is 11.8 Å². The molecule has 0 aliphatic heterocycles. The molecule has 0 aromatic heterocycles. The highest BCUT2D eigenvalue weighted by Gasteiger charge is 2.60. The van der Waals surface area contributed by atoms with E-state index in [4.69, 9.17) is 4.74 Å². The molecule has 3 nitrogen and oxygen atoms in total. The van der Waals surface area contributed by atoms with Gasteiger partial charge >= 0.3 is 5.97 Å². The maximum atomic E-state index is 11.2. The highest BCUT2D eigenvalue weighted by Crippen LogP contribution is 2.63. The first-order chi connectivity index (χ1) is 10.3. The van der Waals surface area contributed by atoms with Crippen LogP contribution in [0.15, 0.2) is 48.5 Å². The molecule has 0 bridgehead atoms. The van der Waals surface area contributed by atoms with Crippen LogP contribution < -0.4 is 4.74 Å². The van der Waals surface area contributed by atoms with E-state index in [2.05, 4.69) is 6.07 Å². The third-order valence-electron chi connectivity index (χ3n) is 4.64. The molecule has 0 saturated heterocycles. The molecule has 0 heterocycles. The Morgan fingerprint density at radius 1 is 1.14 bits per heavy atom. The van der Waals surface area contributed by atoms with Gasteiger partial charge in [-0.2, -0.15) is 0 Å². The van der Waals surface area contributed by atoms with E-state index >= 15 is 0 Å². The first kappa shape index (κ1) is 12.5. The first-order valence-corrected chi connectivity index (χ1v) is 7.27. The van der Waals surface area contributed by atoms with Crippen molar-refractivity contribution in [3.63, 3.8) is 0 Å². The van der Waals surface area contributed by atoms with Crippen molar-refractivity contribution < 1.29 is 14.6 Å². The number of aliphatic carboxylic acids is 1. The van der Waals surface area contributed by atoms with E-state index in [9.17, 15) is 9.90 Å². The maximum absolute atomic E-state index is 11.2. The lowest BCUT2D eigenvalue weighted by Gasteiger charge is -2.13. The van der Waals surface area contributed by atoms with Crippen molar-refractivity contribution in [3.8, 4) is 5.75 Å². The summed E-state index contributed by atoms with van der Waals surface area (Å²) in [5.74, 6) is 0.406. The molecule has 3 atom stereocenters. The number of rotatable bonds is 4. The Morgan fingerprint density at radius 3 is 2.71 bits per heavy atom. The molecule has 1 N–H and O–H groups in total. The standard InChI is InChI=1S/C18H16O3/c19-18(20)17-13-9-12-7-4-8-14(15(12)16(13)17)21-10-11-5-2-1-3-6-11/h1-8,13,16-17H,9-10H2,(H,19,20). The summed E-state index contributed by atoms with van der Waals surface area (Å²) in [5.41, 5.74) is 3.51. The number of ether oxygens (including phenoxy) is 1. The molecule has 21 heavy (non-hydrogen) atoms. The van der Waals surface area contributed by atoms with Crippen LogP contribution in [0.3, 0.4) is 0 Å². The normalized spacial score (nSPS) is 25.0. The summed E-state index contributed by atoms with van der Waals surface area (Å²) in [6.07, 6.45) is 0.875. The van der Waals surface area contributed by atoms with Crippen LogP contribution in [0.4, 0.5) is 0 Å². The van der Waals surface area contributed by atoms with Crippen LogP contribution in [0.5, 0.6) is 5.75 Å². The maximum Gasteiger partial charge on any atom is 0.307 e. The van der Waals surface area contributed by atoms with Gasteiger partial charge in [0.2, 0.25) is 0 Å². The summed E-state index contributed by atoms with van der Waals surface area (Å²) < 4.78 is 5.97. The lowest BCUT2D eigenvalue weighted by atomic mass is 10.0. The molecule has 1 saturated carbocycles. The van der Waals surface area contributed by atoms with Crippen LogP contribution in [0.2, 0.25) is 0 Å². The summed E-state index contributed by atoms with van der Waals surface area (Å²) >= 11 is 0. The van der Waals surface area contributed by atoms with Crippen LogP contribution >= 0.6 is 0 Å². The van der Waals surface area contributed by atoms with Crippen LogP contribution in [0, 0.1) is 11.8 Å². The molecule has 3 unspecified atom stereocenters. The van der Waals surface area contributed by atoms with Crippen LogP contribution in [-0.4, -0.2) is 11.1 Å². The van der Waals surface area contributed by atoms with E-state index in [0.29, 0.717) is 6.61 Å². The van der Waals surface area contributed by atoms with Gasteiger partial charge in [0.1, 0.15) is 12.4 Å². The Labute approximate surface area is 123 Å². The average molecular weight is 280 g/mol. The second-order valence-electron chi connectivity index (χ2n) is 5.86. The molecule has 1 fully saturated rings. The molecular weight excluding hydrogens is 264 g/mol. The van der Waals surface area contributed by atoms with E-state index < -0.39 is 5.97 Å². The molecule has 0 amide bonds. The van der Waals surface area contributed by atoms with Gasteiger partial charge < -0.3 is 9.84 Å². The molecule has 106 valence electrons. The fourth-order valence-corrected chi connectivity index (χ4v) is 3.62. The van der Waals surface area contributed by atoms with Crippen molar-refractivity contribution in [3.05, 3.63) is 65.2 Å². The van der Waals surface area contributed by atoms with Crippen molar-refractivity contribution >= 4 is 5.97 Å². The molecule has 2 aromatic carbocycles. The highest BCUT2D eigenvalue weighted by molar-refractivity contribution is 5.78. The van der Waals surface area contributed by atoms with E-state index in [1.807, 2.05) is 42.5 Å². The summed E-state index contributed by atoms with van der Waals surface area (Å²) in [5, 5.41) is 9.24. The fraction of sp³-hybridized carbons (Fsp3) is 0.278. The Morgan fingerprint density at radius 2 is 1.95 bits per heavy atom. The largest absolute Gasteiger partial charge is 0.489 e. The monoisotopic (exact) mass is 280 g/mol. The molecule has 4 rings (SSSR count). The van der Waals surface area contributed by atoms with Gasteiger partial charge in [-0.15, -0.1) is 0 Å². The number of hydrogen-bond acceptors (Lipinski definition) is 2. The van der Waals surface area contributed by atoms with Gasteiger partial charge in [0, 0.05) is 11.5 Å². The van der Waals surface area contributed by atoms with Crippen LogP contribution in [0.1, 0.15) is 22.6 Å². The quantitative estimate of drug-likeness (QED) is 0.935. The van der Waals surface area contributed by atoms with Crippen molar-refractivity contribution in [2.45, 2.75) is 18.9 Å². The Hall–Kier alpha value is -2.29. The van der Waals surface area contributed by atoms with E-state index in [-0.39, 0.29) is 17.8 Å². The topological polar surface area (TPSA) is 46.5 Å². The zero-order chi connectivity index (χ0) is 14.4. The Kier molecular flexibility index (Phi) is 2.74. The van der Waals surface area contributed by atoms with E-state index in [1.54, 1.807) is 0 Å². The zero-order valence-corrected chi connectivity index (χ0v) is 11.5. The van der Waals surface area contributed by atoms with Gasteiger partial charge in [-0.3, -0.25) is 4.79 Å². The predicted molar refractivity (Wildman–Crippen MR) is 78.3 cm³/mol. The highest BCUT2D eigenvalue weighted by atomic mass is 16.5. The zero-order valence-electron chi connectivity index (χ0n) is 11.5. The predicted octanol–water partition coefficient (Wildman–Crippen LogP) is 3.24. The molecular formula is C18H16O3. The third-order valence-corrected chi connectivity index (χ3v) is 4.64. The summed E-state index contributed by atoms with van der Waals surface area (Å²) in [7, 11) is 0. The molecule has 0 radical (unpaired) electrons. The van der Waals surface area contributed by atoms with Gasteiger partial charge in [-0.05, 0) is 29.5 Å². The number of fused-ring (bicyclic) bond motifs is 3. The smallest absolute Gasteiger partial charge is 0.307 e. The number of carboxylic acids is 1. The molecule has 0 spiro atoms. The van der Waals surface area contributed by atoms with Gasteiger partial charge in [0.05, 0.1) is 5.92 Å². The number of benzene rings is 2. The van der Waals surface area contributed by atoms with Gasteiger partial charge in [0.15, 0.2) is 0 Å².